The van der Waals surface area contributed by atoms with Crippen LogP contribution in [0, 0.1) is 5.92 Å². The molecule has 0 bridgehead atoms. The Morgan fingerprint density at radius 1 is 1.21 bits per heavy atom. The molecule has 0 spiro atoms. The summed E-state index contributed by atoms with van der Waals surface area (Å²) in [5.74, 6) is 0.684. The molecule has 6 heteroatoms. The molecule has 1 aliphatic carbocycles. The fourth-order valence-corrected chi connectivity index (χ4v) is 5.11. The highest BCUT2D eigenvalue weighted by molar-refractivity contribution is 7.89. The lowest BCUT2D eigenvalue weighted by molar-refractivity contribution is 0.120. The first-order valence-electron chi connectivity index (χ1n) is 7.32. The lowest BCUT2D eigenvalue weighted by Crippen LogP contribution is -2.54. The van der Waals surface area contributed by atoms with Crippen molar-refractivity contribution in [3.05, 3.63) is 0 Å². The van der Waals surface area contributed by atoms with Crippen molar-refractivity contribution < 1.29 is 13.5 Å². The standard InChI is InChI=1S/C13H26N2O3S/c1-14-7-8-15(10-13(14)6-9-16)19(17,18)11-12-4-2-3-5-12/h12-13,16H,2-11H2,1H3/t13-/m0/s1. The molecule has 1 N–H and O–H groups in total. The van der Waals surface area contributed by atoms with Gasteiger partial charge in [-0.1, -0.05) is 12.8 Å². The van der Waals surface area contributed by atoms with E-state index in [1.54, 1.807) is 4.31 Å². The van der Waals surface area contributed by atoms with Gasteiger partial charge >= 0.3 is 0 Å². The van der Waals surface area contributed by atoms with Gasteiger partial charge in [0.15, 0.2) is 0 Å². The first kappa shape index (κ1) is 15.2. The molecule has 0 aromatic rings. The second-order valence-electron chi connectivity index (χ2n) is 5.93. The van der Waals surface area contributed by atoms with E-state index in [0.717, 1.165) is 19.4 Å². The molecule has 0 amide bonds. The maximum absolute atomic E-state index is 12.4. The Bertz CT molecular complexity index is 379. The molecular formula is C13H26N2O3S. The minimum Gasteiger partial charge on any atom is -0.396 e. The average Bonchev–Trinajstić information content (AvgIpc) is 2.84. The molecule has 112 valence electrons. The molecule has 2 rings (SSSR count). The van der Waals surface area contributed by atoms with Crippen molar-refractivity contribution in [1.29, 1.82) is 0 Å². The second-order valence-corrected chi connectivity index (χ2v) is 7.95. The van der Waals surface area contributed by atoms with Crippen LogP contribution in [0.1, 0.15) is 32.1 Å². The van der Waals surface area contributed by atoms with Gasteiger partial charge in [0.25, 0.3) is 0 Å². The van der Waals surface area contributed by atoms with Crippen molar-refractivity contribution in [2.75, 3.05) is 39.0 Å². The lowest BCUT2D eigenvalue weighted by atomic mass is 10.1. The van der Waals surface area contributed by atoms with Gasteiger partial charge in [-0.2, -0.15) is 4.31 Å². The molecule has 19 heavy (non-hydrogen) atoms. The third kappa shape index (κ3) is 3.90. The number of aliphatic hydroxyl groups is 1. The van der Waals surface area contributed by atoms with Crippen LogP contribution in [0.4, 0.5) is 0 Å². The number of rotatable bonds is 5. The summed E-state index contributed by atoms with van der Waals surface area (Å²) in [5, 5.41) is 9.06. The van der Waals surface area contributed by atoms with Crippen LogP contribution in [0.5, 0.6) is 0 Å². The summed E-state index contributed by atoms with van der Waals surface area (Å²) in [6, 6.07) is 0.150. The fourth-order valence-electron chi connectivity index (χ4n) is 3.21. The van der Waals surface area contributed by atoms with E-state index < -0.39 is 10.0 Å². The molecule has 0 aromatic carbocycles. The molecular weight excluding hydrogens is 264 g/mol. The molecule has 0 radical (unpaired) electrons. The van der Waals surface area contributed by atoms with E-state index in [-0.39, 0.29) is 12.6 Å². The topological polar surface area (TPSA) is 60.9 Å². The van der Waals surface area contributed by atoms with Crippen molar-refractivity contribution in [2.45, 2.75) is 38.1 Å². The van der Waals surface area contributed by atoms with Crippen molar-refractivity contribution in [3.63, 3.8) is 0 Å². The summed E-state index contributed by atoms with van der Waals surface area (Å²) in [5.41, 5.74) is 0. The maximum atomic E-state index is 12.4. The van der Waals surface area contributed by atoms with Crippen LogP contribution in [0.15, 0.2) is 0 Å². The van der Waals surface area contributed by atoms with Gasteiger partial charge in [0.2, 0.25) is 10.0 Å². The van der Waals surface area contributed by atoms with Gasteiger partial charge in [-0.3, -0.25) is 0 Å². The van der Waals surface area contributed by atoms with Crippen LogP contribution in [0.25, 0.3) is 0 Å². The summed E-state index contributed by atoms with van der Waals surface area (Å²) in [6.45, 7) is 2.00. The van der Waals surface area contributed by atoms with E-state index in [2.05, 4.69) is 4.90 Å². The molecule has 5 nitrogen and oxygen atoms in total. The van der Waals surface area contributed by atoms with Crippen LogP contribution in [0.2, 0.25) is 0 Å². The molecule has 1 saturated heterocycles. The third-order valence-electron chi connectivity index (χ3n) is 4.52. The van der Waals surface area contributed by atoms with Gasteiger partial charge in [-0.05, 0) is 32.2 Å². The van der Waals surface area contributed by atoms with Crippen molar-refractivity contribution in [1.82, 2.24) is 9.21 Å². The molecule has 2 fully saturated rings. The van der Waals surface area contributed by atoms with Gasteiger partial charge in [-0.15, -0.1) is 0 Å². The van der Waals surface area contributed by atoms with Crippen molar-refractivity contribution in [3.8, 4) is 0 Å². The van der Waals surface area contributed by atoms with E-state index in [1.165, 1.54) is 12.8 Å². The summed E-state index contributed by atoms with van der Waals surface area (Å²) in [6.07, 6.45) is 5.12. The zero-order chi connectivity index (χ0) is 13.9. The van der Waals surface area contributed by atoms with Gasteiger partial charge in [0, 0.05) is 32.3 Å². The monoisotopic (exact) mass is 290 g/mol. The van der Waals surface area contributed by atoms with E-state index >= 15 is 0 Å². The van der Waals surface area contributed by atoms with Crippen molar-refractivity contribution in [2.24, 2.45) is 5.92 Å². The van der Waals surface area contributed by atoms with E-state index in [9.17, 15) is 8.42 Å². The van der Waals surface area contributed by atoms with Crippen LogP contribution in [0.3, 0.4) is 0 Å². The Morgan fingerprint density at radius 3 is 2.53 bits per heavy atom. The van der Waals surface area contributed by atoms with Crippen LogP contribution in [-0.4, -0.2) is 67.8 Å². The number of nitrogens with zero attached hydrogens (tertiary/aromatic N) is 2. The Kier molecular flexibility index (Phi) is 5.22. The van der Waals surface area contributed by atoms with Gasteiger partial charge < -0.3 is 10.0 Å². The van der Waals surface area contributed by atoms with Crippen LogP contribution < -0.4 is 0 Å². The minimum absolute atomic E-state index is 0.117. The average molecular weight is 290 g/mol. The molecule has 0 aromatic heterocycles. The summed E-state index contributed by atoms with van der Waals surface area (Å²) in [7, 11) is -1.12. The van der Waals surface area contributed by atoms with Gasteiger partial charge in [0.1, 0.15) is 0 Å². The summed E-state index contributed by atoms with van der Waals surface area (Å²) >= 11 is 0. The largest absolute Gasteiger partial charge is 0.396 e. The van der Waals surface area contributed by atoms with Gasteiger partial charge in [-0.25, -0.2) is 8.42 Å². The van der Waals surface area contributed by atoms with E-state index in [0.29, 0.717) is 31.2 Å². The number of sulfonamides is 1. The lowest BCUT2D eigenvalue weighted by Gasteiger charge is -2.38. The number of likely N-dealkylation sites (N-methyl/N-ethyl adjacent to an activating group) is 1. The molecule has 1 heterocycles. The van der Waals surface area contributed by atoms with Crippen LogP contribution >= 0.6 is 0 Å². The Balaban J connectivity index is 1.95. The normalized spacial score (nSPS) is 28.0. The molecule has 2 aliphatic rings. The summed E-state index contributed by atoms with van der Waals surface area (Å²) < 4.78 is 26.5. The SMILES string of the molecule is CN1CCN(S(=O)(=O)CC2CCCC2)C[C@@H]1CCO. The first-order chi connectivity index (χ1) is 9.03. The Hall–Kier alpha value is -0.170. The Morgan fingerprint density at radius 2 is 1.89 bits per heavy atom. The Labute approximate surface area is 116 Å². The fraction of sp³-hybridized carbons (Fsp3) is 1.00. The number of aliphatic hydroxyl groups excluding tert-OH is 1. The van der Waals surface area contributed by atoms with Gasteiger partial charge in [0.05, 0.1) is 5.75 Å². The maximum Gasteiger partial charge on any atom is 0.214 e. The minimum atomic E-state index is -3.12. The molecule has 1 atom stereocenters. The number of hydrogen-bond donors (Lipinski definition) is 1. The highest BCUT2D eigenvalue weighted by atomic mass is 32.2. The number of hydrogen-bond acceptors (Lipinski definition) is 4. The quantitative estimate of drug-likeness (QED) is 0.801. The predicted octanol–water partition coefficient (Wildman–Crippen LogP) is 0.505. The molecule has 0 unspecified atom stereocenters. The first-order valence-corrected chi connectivity index (χ1v) is 8.93. The predicted molar refractivity (Wildman–Crippen MR) is 75.4 cm³/mol. The van der Waals surface area contributed by atoms with Crippen LogP contribution in [-0.2, 0) is 10.0 Å². The van der Waals surface area contributed by atoms with Crippen molar-refractivity contribution >= 4 is 10.0 Å². The zero-order valence-corrected chi connectivity index (χ0v) is 12.6. The highest BCUT2D eigenvalue weighted by Crippen LogP contribution is 2.27. The van der Waals surface area contributed by atoms with E-state index in [1.807, 2.05) is 7.05 Å². The van der Waals surface area contributed by atoms with E-state index in [4.69, 9.17) is 5.11 Å². The molecule has 1 aliphatic heterocycles. The number of piperazine rings is 1. The molecule has 1 saturated carbocycles. The third-order valence-corrected chi connectivity index (χ3v) is 6.53. The zero-order valence-electron chi connectivity index (χ0n) is 11.8. The second kappa shape index (κ2) is 6.52. The highest BCUT2D eigenvalue weighted by Gasteiger charge is 2.33. The smallest absolute Gasteiger partial charge is 0.214 e. The summed E-state index contributed by atoms with van der Waals surface area (Å²) in [4.78, 5) is 2.15.